The molecule has 0 N–H and O–H groups in total. The van der Waals surface area contributed by atoms with Gasteiger partial charge in [0.25, 0.3) is 6.43 Å². The number of nitrogens with zero attached hydrogens (tertiary/aromatic N) is 2. The Balaban J connectivity index is 3.52. The number of hydrogen-bond acceptors (Lipinski definition) is 3. The van der Waals surface area contributed by atoms with E-state index in [1.165, 1.54) is 6.07 Å². The monoisotopic (exact) mass is 266 g/mol. The third-order valence-corrected chi connectivity index (χ3v) is 2.05. The number of rotatable bonds is 3. The molecule has 0 aliphatic rings. The highest BCUT2D eigenvalue weighted by Crippen LogP contribution is 2.39. The topological polar surface area (TPSA) is 45.9 Å². The van der Waals surface area contributed by atoms with E-state index in [9.17, 15) is 22.0 Å². The molecule has 0 atom stereocenters. The Morgan fingerprint density at radius 2 is 2.06 bits per heavy atom. The van der Waals surface area contributed by atoms with Crippen LogP contribution in [0.15, 0.2) is 6.07 Å². The molecule has 0 bridgehead atoms. The Kier molecular flexibility index (Phi) is 4.06. The lowest BCUT2D eigenvalue weighted by Gasteiger charge is -2.16. The standard InChI is InChI=1S/C10H7F5N2O/c1-18-7-4-6(9(11)12)17-5(2-3-16)8(7)10(13,14)15/h4,9H,2H2,1H3. The number of hydrogen-bond donors (Lipinski definition) is 0. The van der Waals surface area contributed by atoms with Crippen LogP contribution in [0, 0.1) is 11.3 Å². The quantitative estimate of drug-likeness (QED) is 0.789. The minimum atomic E-state index is -4.83. The summed E-state index contributed by atoms with van der Waals surface area (Å²) in [4.78, 5) is 3.16. The van der Waals surface area contributed by atoms with E-state index in [2.05, 4.69) is 9.72 Å². The molecule has 1 aromatic heterocycles. The second-order valence-corrected chi connectivity index (χ2v) is 3.20. The van der Waals surface area contributed by atoms with E-state index in [-0.39, 0.29) is 0 Å². The van der Waals surface area contributed by atoms with E-state index >= 15 is 0 Å². The highest BCUT2D eigenvalue weighted by molar-refractivity contribution is 5.42. The predicted molar refractivity (Wildman–Crippen MR) is 50.1 cm³/mol. The van der Waals surface area contributed by atoms with Gasteiger partial charge >= 0.3 is 6.18 Å². The zero-order chi connectivity index (χ0) is 13.9. The van der Waals surface area contributed by atoms with Gasteiger partial charge in [0.15, 0.2) is 0 Å². The largest absolute Gasteiger partial charge is 0.496 e. The highest BCUT2D eigenvalue weighted by Gasteiger charge is 2.38. The molecular weight excluding hydrogens is 259 g/mol. The van der Waals surface area contributed by atoms with Gasteiger partial charge in [0, 0.05) is 6.07 Å². The molecular formula is C10H7F5N2O. The summed E-state index contributed by atoms with van der Waals surface area (Å²) >= 11 is 0. The molecule has 0 saturated carbocycles. The third kappa shape index (κ3) is 2.85. The molecule has 0 aliphatic carbocycles. The number of nitriles is 1. The maximum absolute atomic E-state index is 12.7. The van der Waals surface area contributed by atoms with Crippen LogP contribution in [0.3, 0.4) is 0 Å². The molecule has 1 rings (SSSR count). The molecule has 0 radical (unpaired) electrons. The average molecular weight is 266 g/mol. The molecule has 0 saturated heterocycles. The fraction of sp³-hybridized carbons (Fsp3) is 0.400. The van der Waals surface area contributed by atoms with Crippen molar-refractivity contribution in [3.63, 3.8) is 0 Å². The SMILES string of the molecule is COc1cc(C(F)F)nc(CC#N)c1C(F)(F)F. The molecule has 0 amide bonds. The molecule has 18 heavy (non-hydrogen) atoms. The Bertz CT molecular complexity index is 478. The summed E-state index contributed by atoms with van der Waals surface area (Å²) in [5.74, 6) is -0.766. The minimum absolute atomic E-state index is 0.522. The van der Waals surface area contributed by atoms with Crippen LogP contribution >= 0.6 is 0 Å². The van der Waals surface area contributed by atoms with Gasteiger partial charge in [-0.3, -0.25) is 0 Å². The zero-order valence-electron chi connectivity index (χ0n) is 9.05. The Morgan fingerprint density at radius 1 is 1.44 bits per heavy atom. The fourth-order valence-corrected chi connectivity index (χ4v) is 1.37. The van der Waals surface area contributed by atoms with Gasteiger partial charge in [-0.25, -0.2) is 13.8 Å². The number of aromatic nitrogens is 1. The normalized spacial score (nSPS) is 11.4. The van der Waals surface area contributed by atoms with Crippen LogP contribution in [0.1, 0.15) is 23.4 Å². The average Bonchev–Trinajstić information content (AvgIpc) is 2.26. The highest BCUT2D eigenvalue weighted by atomic mass is 19.4. The van der Waals surface area contributed by atoms with Crippen LogP contribution in [0.2, 0.25) is 0 Å². The molecule has 0 fully saturated rings. The number of alkyl halides is 5. The van der Waals surface area contributed by atoms with Gasteiger partial charge in [-0.05, 0) is 0 Å². The number of methoxy groups -OCH3 is 1. The first-order valence-corrected chi connectivity index (χ1v) is 4.61. The van der Waals surface area contributed by atoms with Crippen molar-refractivity contribution >= 4 is 0 Å². The lowest BCUT2D eigenvalue weighted by molar-refractivity contribution is -0.139. The molecule has 1 aromatic rings. The van der Waals surface area contributed by atoms with Gasteiger partial charge in [0.05, 0.1) is 25.3 Å². The Morgan fingerprint density at radius 3 is 2.44 bits per heavy atom. The lowest BCUT2D eigenvalue weighted by atomic mass is 10.1. The second kappa shape index (κ2) is 5.16. The van der Waals surface area contributed by atoms with Crippen LogP contribution in [-0.4, -0.2) is 12.1 Å². The predicted octanol–water partition coefficient (Wildman–Crippen LogP) is 3.11. The van der Waals surface area contributed by atoms with Gasteiger partial charge < -0.3 is 4.74 Å². The first kappa shape index (κ1) is 14.2. The van der Waals surface area contributed by atoms with Gasteiger partial charge in [-0.2, -0.15) is 18.4 Å². The molecule has 0 aliphatic heterocycles. The summed E-state index contributed by atoms with van der Waals surface area (Å²) in [6, 6.07) is 1.97. The van der Waals surface area contributed by atoms with Crippen molar-refractivity contribution in [3.05, 3.63) is 23.0 Å². The Hall–Kier alpha value is -1.91. The summed E-state index contributed by atoms with van der Waals surface area (Å²) in [6.07, 6.45) is -8.60. The molecule has 3 nitrogen and oxygen atoms in total. The Labute approximate surface area is 98.8 Å². The van der Waals surface area contributed by atoms with Gasteiger partial charge in [-0.15, -0.1) is 0 Å². The van der Waals surface area contributed by atoms with Crippen molar-refractivity contribution in [1.29, 1.82) is 5.26 Å². The second-order valence-electron chi connectivity index (χ2n) is 3.20. The number of halogens is 5. The summed E-state index contributed by atoms with van der Waals surface area (Å²) < 4.78 is 67.6. The molecule has 8 heteroatoms. The van der Waals surface area contributed by atoms with Gasteiger partial charge in [0.2, 0.25) is 0 Å². The zero-order valence-corrected chi connectivity index (χ0v) is 9.05. The molecule has 0 unspecified atom stereocenters. The number of ether oxygens (including phenoxy) is 1. The van der Waals surface area contributed by atoms with E-state index in [0.29, 0.717) is 6.07 Å². The third-order valence-electron chi connectivity index (χ3n) is 2.05. The van der Waals surface area contributed by atoms with Gasteiger partial charge in [-0.1, -0.05) is 0 Å². The van der Waals surface area contributed by atoms with Crippen LogP contribution in [0.25, 0.3) is 0 Å². The van der Waals surface area contributed by atoms with Crippen molar-refractivity contribution < 1.29 is 26.7 Å². The van der Waals surface area contributed by atoms with E-state index in [1.807, 2.05) is 0 Å². The van der Waals surface area contributed by atoms with E-state index < -0.39 is 41.7 Å². The molecule has 0 aromatic carbocycles. The van der Waals surface area contributed by atoms with Crippen LogP contribution < -0.4 is 4.74 Å². The fourth-order valence-electron chi connectivity index (χ4n) is 1.37. The van der Waals surface area contributed by atoms with Crippen molar-refractivity contribution in [2.45, 2.75) is 19.0 Å². The van der Waals surface area contributed by atoms with Crippen LogP contribution in [-0.2, 0) is 12.6 Å². The molecule has 98 valence electrons. The molecule has 1 heterocycles. The van der Waals surface area contributed by atoms with E-state index in [1.54, 1.807) is 0 Å². The van der Waals surface area contributed by atoms with Crippen molar-refractivity contribution in [1.82, 2.24) is 4.98 Å². The summed E-state index contributed by atoms with van der Waals surface area (Å²) in [5, 5.41) is 8.42. The first-order chi connectivity index (χ1) is 8.31. The minimum Gasteiger partial charge on any atom is -0.496 e. The smallest absolute Gasteiger partial charge is 0.421 e. The first-order valence-electron chi connectivity index (χ1n) is 4.61. The lowest BCUT2D eigenvalue weighted by Crippen LogP contribution is -2.14. The van der Waals surface area contributed by atoms with E-state index in [4.69, 9.17) is 5.26 Å². The number of pyridine rings is 1. The summed E-state index contributed by atoms with van der Waals surface area (Å²) in [6.45, 7) is 0. The van der Waals surface area contributed by atoms with Crippen molar-refractivity contribution in [2.24, 2.45) is 0 Å². The van der Waals surface area contributed by atoms with Crippen molar-refractivity contribution in [2.75, 3.05) is 7.11 Å². The molecule has 0 spiro atoms. The maximum Gasteiger partial charge on any atom is 0.421 e. The van der Waals surface area contributed by atoms with Crippen LogP contribution in [0.5, 0.6) is 5.75 Å². The van der Waals surface area contributed by atoms with Crippen molar-refractivity contribution in [3.8, 4) is 11.8 Å². The summed E-state index contributed by atoms with van der Waals surface area (Å²) in [5.41, 5.74) is -2.92. The van der Waals surface area contributed by atoms with Gasteiger partial charge in [0.1, 0.15) is 17.0 Å². The van der Waals surface area contributed by atoms with Crippen LogP contribution in [0.4, 0.5) is 22.0 Å². The van der Waals surface area contributed by atoms with E-state index in [0.717, 1.165) is 7.11 Å². The maximum atomic E-state index is 12.7. The summed E-state index contributed by atoms with van der Waals surface area (Å²) in [7, 11) is 0.927.